The quantitative estimate of drug-likeness (QED) is 0.0149. The van der Waals surface area contributed by atoms with E-state index in [1.54, 1.807) is 0 Å². The van der Waals surface area contributed by atoms with Gasteiger partial charge in [-0.05, 0) is 77.0 Å². The Labute approximate surface area is 366 Å². The van der Waals surface area contributed by atoms with Crippen molar-refractivity contribution in [2.75, 3.05) is 13.2 Å². The first-order chi connectivity index (χ1) is 29.4. The fourth-order valence-corrected chi connectivity index (χ4v) is 7.54. The van der Waals surface area contributed by atoms with E-state index < -0.39 is 75.7 Å². The zero-order chi connectivity index (χ0) is 45.0. The predicted octanol–water partition coefficient (Wildman–Crippen LogP) is 8.94. The van der Waals surface area contributed by atoms with E-state index in [2.05, 4.69) is 62.5 Å². The first-order valence-electron chi connectivity index (χ1n) is 23.1. The Morgan fingerprint density at radius 3 is 1.44 bits per heavy atom. The van der Waals surface area contributed by atoms with Crippen molar-refractivity contribution in [3.63, 3.8) is 0 Å². The second-order valence-electron chi connectivity index (χ2n) is 15.9. The van der Waals surface area contributed by atoms with Crippen LogP contribution in [-0.2, 0) is 32.7 Å². The third kappa shape index (κ3) is 29.5. The molecule has 6 N–H and O–H groups in total. The normalized spacial score (nSPS) is 22.6. The highest BCUT2D eigenvalue weighted by Crippen LogP contribution is 2.47. The number of carbonyl (C=O) groups is 2. The monoisotopic (exact) mass is 885 g/mol. The van der Waals surface area contributed by atoms with Crippen molar-refractivity contribution in [3.05, 3.63) is 60.8 Å². The van der Waals surface area contributed by atoms with E-state index in [0.717, 1.165) is 77.0 Å². The predicted molar refractivity (Wildman–Crippen MR) is 239 cm³/mol. The van der Waals surface area contributed by atoms with Gasteiger partial charge < -0.3 is 39.9 Å². The molecule has 1 fully saturated rings. The number of aliphatic hydroxyl groups is 5. The first kappa shape index (κ1) is 56.6. The summed E-state index contributed by atoms with van der Waals surface area (Å²) in [5, 5.41) is 50.1. The van der Waals surface area contributed by atoms with Gasteiger partial charge in [-0.15, -0.1) is 0 Å². The minimum Gasteiger partial charge on any atom is -0.462 e. The molecule has 0 aromatic rings. The maximum Gasteiger partial charge on any atom is 0.472 e. The molecular formula is C47H81O13P. The second kappa shape index (κ2) is 37.0. The standard InChI is InChI=1S/C47H81O13P/c1-3-5-7-9-11-13-15-17-19-20-22-23-25-27-29-31-33-35-40(48)57-37-39(38-58-61(55,56)60-47-45(53)43(51)42(50)44(52)46(47)54)59-41(49)36-34-32-30-28-26-24-21-18-16-14-12-10-8-6-4-2/h11,13-14,16-17,19,22-23,27,29,39,42-47,50-54H,3-10,12,15,18,20-21,24-26,28,30-38H2,1-2H3,(H,55,56). The summed E-state index contributed by atoms with van der Waals surface area (Å²) in [4.78, 5) is 35.7. The smallest absolute Gasteiger partial charge is 0.462 e. The van der Waals surface area contributed by atoms with Crippen LogP contribution in [-0.4, -0.2) is 98.3 Å². The van der Waals surface area contributed by atoms with E-state index in [0.29, 0.717) is 19.3 Å². The molecule has 61 heavy (non-hydrogen) atoms. The maximum absolute atomic E-state index is 12.8. The van der Waals surface area contributed by atoms with Gasteiger partial charge in [-0.2, -0.15) is 0 Å². The number of carbonyl (C=O) groups excluding carboxylic acids is 2. The van der Waals surface area contributed by atoms with Crippen molar-refractivity contribution in [2.24, 2.45) is 0 Å². The fraction of sp³-hybridized carbons (Fsp3) is 0.745. The summed E-state index contributed by atoms with van der Waals surface area (Å²) in [5.74, 6) is -1.17. The van der Waals surface area contributed by atoms with Crippen LogP contribution in [0, 0.1) is 0 Å². The number of rotatable bonds is 37. The molecule has 1 saturated carbocycles. The van der Waals surface area contributed by atoms with Crippen molar-refractivity contribution in [1.82, 2.24) is 0 Å². The zero-order valence-corrected chi connectivity index (χ0v) is 38.1. The zero-order valence-electron chi connectivity index (χ0n) is 37.2. The second-order valence-corrected chi connectivity index (χ2v) is 17.3. The van der Waals surface area contributed by atoms with Crippen LogP contribution in [0.4, 0.5) is 0 Å². The molecule has 0 bridgehead atoms. The SMILES string of the molecule is CCCCCC=CCC=CCC=CCC=CCCCC(=O)OCC(COP(=O)(O)OC1C(O)C(O)C(O)C(O)C1O)OC(=O)CCCCCCCCCC=CCCCCCC. The molecule has 0 radical (unpaired) electrons. The summed E-state index contributed by atoms with van der Waals surface area (Å²) in [6, 6.07) is 0. The van der Waals surface area contributed by atoms with Gasteiger partial charge in [0.2, 0.25) is 0 Å². The lowest BCUT2D eigenvalue weighted by Crippen LogP contribution is -2.64. The molecule has 0 aromatic carbocycles. The molecule has 13 nitrogen and oxygen atoms in total. The summed E-state index contributed by atoms with van der Waals surface area (Å²) in [7, 11) is -5.13. The van der Waals surface area contributed by atoms with Crippen LogP contribution in [0.2, 0.25) is 0 Å². The Balaban J connectivity index is 2.51. The van der Waals surface area contributed by atoms with E-state index in [-0.39, 0.29) is 12.8 Å². The lowest BCUT2D eigenvalue weighted by atomic mass is 9.85. The number of esters is 2. The summed E-state index contributed by atoms with van der Waals surface area (Å²) in [6.07, 6.45) is 31.3. The van der Waals surface area contributed by atoms with Gasteiger partial charge in [0.1, 0.15) is 43.2 Å². The van der Waals surface area contributed by atoms with Crippen molar-refractivity contribution >= 4 is 19.8 Å². The molecule has 1 aliphatic rings. The Morgan fingerprint density at radius 2 is 0.902 bits per heavy atom. The number of aliphatic hydroxyl groups excluding tert-OH is 5. The third-order valence-corrected chi connectivity index (χ3v) is 11.3. The largest absolute Gasteiger partial charge is 0.472 e. The van der Waals surface area contributed by atoms with Crippen LogP contribution in [0.25, 0.3) is 0 Å². The minimum absolute atomic E-state index is 0.0778. The van der Waals surface area contributed by atoms with Gasteiger partial charge in [0, 0.05) is 12.8 Å². The van der Waals surface area contributed by atoms with Crippen LogP contribution in [0.15, 0.2) is 60.8 Å². The number of unbranched alkanes of at least 4 members (excludes halogenated alkanes) is 15. The molecule has 1 rings (SSSR count). The lowest BCUT2D eigenvalue weighted by Gasteiger charge is -2.41. The van der Waals surface area contributed by atoms with Crippen LogP contribution in [0.3, 0.4) is 0 Å². The molecule has 0 spiro atoms. The summed E-state index contributed by atoms with van der Waals surface area (Å²) < 4.78 is 33.5. The maximum atomic E-state index is 12.8. The molecule has 0 saturated heterocycles. The number of hydrogen-bond acceptors (Lipinski definition) is 12. The van der Waals surface area contributed by atoms with Crippen molar-refractivity contribution < 1.29 is 63.1 Å². The summed E-state index contributed by atoms with van der Waals surface area (Å²) in [6.45, 7) is 3.20. The van der Waals surface area contributed by atoms with Gasteiger partial charge in [-0.25, -0.2) is 4.57 Å². The molecule has 0 aromatic heterocycles. The molecule has 0 aliphatic heterocycles. The number of phosphoric ester groups is 1. The topological polar surface area (TPSA) is 210 Å². The molecule has 1 aliphatic carbocycles. The number of allylic oxidation sites excluding steroid dienone is 10. The average molecular weight is 885 g/mol. The molecule has 352 valence electrons. The molecule has 14 heteroatoms. The Kier molecular flexibility index (Phi) is 34.3. The van der Waals surface area contributed by atoms with E-state index in [9.17, 15) is 44.6 Å². The van der Waals surface area contributed by atoms with Gasteiger partial charge in [0.05, 0.1) is 6.61 Å². The molecule has 6 atom stereocenters. The van der Waals surface area contributed by atoms with Gasteiger partial charge in [0.25, 0.3) is 0 Å². The molecule has 0 amide bonds. The van der Waals surface area contributed by atoms with Crippen molar-refractivity contribution in [2.45, 2.75) is 211 Å². The molecule has 0 heterocycles. The Morgan fingerprint density at radius 1 is 0.508 bits per heavy atom. The van der Waals surface area contributed by atoms with Crippen LogP contribution in [0.5, 0.6) is 0 Å². The third-order valence-electron chi connectivity index (χ3n) is 10.3. The summed E-state index contributed by atoms with van der Waals surface area (Å²) >= 11 is 0. The van der Waals surface area contributed by atoms with Crippen LogP contribution < -0.4 is 0 Å². The van der Waals surface area contributed by atoms with Crippen LogP contribution in [0.1, 0.15) is 168 Å². The van der Waals surface area contributed by atoms with E-state index in [4.69, 9.17) is 18.5 Å². The van der Waals surface area contributed by atoms with Crippen LogP contribution >= 0.6 is 7.82 Å². The van der Waals surface area contributed by atoms with Gasteiger partial charge in [-0.3, -0.25) is 18.6 Å². The van der Waals surface area contributed by atoms with Crippen molar-refractivity contribution in [1.29, 1.82) is 0 Å². The van der Waals surface area contributed by atoms with E-state index in [1.165, 1.54) is 44.9 Å². The highest BCUT2D eigenvalue weighted by Gasteiger charge is 2.51. The highest BCUT2D eigenvalue weighted by atomic mass is 31.2. The molecular weight excluding hydrogens is 803 g/mol. The Hall–Kier alpha value is -2.45. The minimum atomic E-state index is -5.13. The fourth-order valence-electron chi connectivity index (χ4n) is 6.57. The molecule has 6 unspecified atom stereocenters. The summed E-state index contributed by atoms with van der Waals surface area (Å²) in [5.41, 5.74) is 0. The van der Waals surface area contributed by atoms with E-state index >= 15 is 0 Å². The highest BCUT2D eigenvalue weighted by molar-refractivity contribution is 7.47. The number of phosphoric acid groups is 1. The van der Waals surface area contributed by atoms with Gasteiger partial charge in [0.15, 0.2) is 6.10 Å². The van der Waals surface area contributed by atoms with Gasteiger partial charge >= 0.3 is 19.8 Å². The lowest BCUT2D eigenvalue weighted by molar-refractivity contribution is -0.220. The van der Waals surface area contributed by atoms with E-state index in [1.807, 2.05) is 12.2 Å². The van der Waals surface area contributed by atoms with Gasteiger partial charge in [-0.1, -0.05) is 139 Å². The van der Waals surface area contributed by atoms with Crippen molar-refractivity contribution in [3.8, 4) is 0 Å². The number of ether oxygens (including phenoxy) is 2. The Bertz CT molecular complexity index is 1300. The average Bonchev–Trinajstić information content (AvgIpc) is 3.24. The number of hydrogen-bond donors (Lipinski definition) is 6. The first-order valence-corrected chi connectivity index (χ1v) is 24.6.